The summed E-state index contributed by atoms with van der Waals surface area (Å²) in [5, 5.41) is 2.67. The Morgan fingerprint density at radius 2 is 2.03 bits per heavy atom. The molecule has 2 atom stereocenters. The first kappa shape index (κ1) is 25.4. The number of aliphatic imine (C=N–C) groups is 1. The topological polar surface area (TPSA) is 106 Å². The molecule has 2 heterocycles. The average molecular weight is 519 g/mol. The van der Waals surface area contributed by atoms with Crippen LogP contribution in [0, 0.1) is 11.6 Å². The van der Waals surface area contributed by atoms with Gasteiger partial charge in [-0.05, 0) is 37.6 Å². The quantitative estimate of drug-likeness (QED) is 0.568. The molecule has 0 bridgehead atoms. The van der Waals surface area contributed by atoms with Crippen molar-refractivity contribution in [3.8, 4) is 5.75 Å². The number of nitrogens with one attached hydrogen (secondary N) is 1. The number of nitrogens with two attached hydrogens (primary N) is 1. The first-order valence-electron chi connectivity index (χ1n) is 11.3. The summed E-state index contributed by atoms with van der Waals surface area (Å²) in [6.45, 7) is 2.45. The van der Waals surface area contributed by atoms with Gasteiger partial charge in [-0.15, -0.1) is 0 Å². The molecule has 0 spiro atoms. The van der Waals surface area contributed by atoms with Crippen LogP contribution >= 0.6 is 11.6 Å². The Hall–Kier alpha value is -3.66. The van der Waals surface area contributed by atoms with E-state index in [4.69, 9.17) is 26.8 Å². The lowest BCUT2D eigenvalue weighted by atomic mass is 9.91. The number of nitrogens with zero attached hydrogens (tertiary/aromatic N) is 2. The third-order valence-corrected chi connectivity index (χ3v) is 6.53. The molecule has 1 fully saturated rings. The van der Waals surface area contributed by atoms with Gasteiger partial charge in [0.2, 0.25) is 0 Å². The summed E-state index contributed by atoms with van der Waals surface area (Å²) in [6.07, 6.45) is -0.637. The first-order chi connectivity index (χ1) is 17.2. The summed E-state index contributed by atoms with van der Waals surface area (Å²) in [4.78, 5) is 30.4. The normalized spacial score (nSPS) is 20.3. The maximum atomic E-state index is 13.8. The Bertz CT molecular complexity index is 1250. The molecule has 8 nitrogen and oxygen atoms in total. The van der Waals surface area contributed by atoms with Crippen LogP contribution in [0.1, 0.15) is 29.3 Å². The van der Waals surface area contributed by atoms with Gasteiger partial charge in [-0.25, -0.2) is 13.6 Å². The van der Waals surface area contributed by atoms with Gasteiger partial charge in [0.25, 0.3) is 5.91 Å². The molecule has 4 rings (SSSR count). The number of rotatable bonds is 6. The minimum atomic E-state index is -0.718. The minimum Gasteiger partial charge on any atom is -0.488 e. The summed E-state index contributed by atoms with van der Waals surface area (Å²) >= 11 is 6.50. The molecule has 0 saturated carbocycles. The number of amides is 2. The number of halogens is 3. The third kappa shape index (κ3) is 5.13. The molecule has 0 radical (unpaired) electrons. The molecule has 11 heteroatoms. The van der Waals surface area contributed by atoms with Crippen molar-refractivity contribution < 1.29 is 27.8 Å². The number of alkyl carbamates (subject to hydrolysis) is 1. The monoisotopic (exact) mass is 518 g/mol. The van der Waals surface area contributed by atoms with E-state index < -0.39 is 29.9 Å². The summed E-state index contributed by atoms with van der Waals surface area (Å²) in [5.41, 5.74) is 8.31. The first-order valence-corrected chi connectivity index (χ1v) is 11.7. The van der Waals surface area contributed by atoms with Gasteiger partial charge in [0, 0.05) is 36.5 Å². The highest BCUT2D eigenvalue weighted by molar-refractivity contribution is 6.35. The van der Waals surface area contributed by atoms with Gasteiger partial charge in [0.1, 0.15) is 24.0 Å². The maximum Gasteiger partial charge on any atom is 0.407 e. The Kier molecular flexibility index (Phi) is 7.44. The summed E-state index contributed by atoms with van der Waals surface area (Å²) < 4.78 is 38.4. The van der Waals surface area contributed by atoms with Crippen molar-refractivity contribution in [2.24, 2.45) is 10.7 Å². The van der Waals surface area contributed by atoms with Crippen LogP contribution in [0.4, 0.5) is 13.6 Å². The van der Waals surface area contributed by atoms with Gasteiger partial charge in [0.05, 0.1) is 28.9 Å². The predicted molar refractivity (Wildman–Crippen MR) is 130 cm³/mol. The molecule has 2 aromatic carbocycles. The van der Waals surface area contributed by atoms with E-state index in [-0.39, 0.29) is 41.0 Å². The van der Waals surface area contributed by atoms with Crippen molar-refractivity contribution >= 4 is 29.3 Å². The van der Waals surface area contributed by atoms with Crippen molar-refractivity contribution in [3.63, 3.8) is 0 Å². The summed E-state index contributed by atoms with van der Waals surface area (Å²) in [7, 11) is 1.52. The summed E-state index contributed by atoms with van der Waals surface area (Å²) in [5.74, 6) is -1.50. The molecule has 36 heavy (non-hydrogen) atoms. The highest BCUT2D eigenvalue weighted by Crippen LogP contribution is 2.32. The number of cyclic esters (lactones) is 1. The zero-order valence-corrected chi connectivity index (χ0v) is 20.4. The lowest BCUT2D eigenvalue weighted by Crippen LogP contribution is -2.46. The van der Waals surface area contributed by atoms with E-state index in [1.165, 1.54) is 19.2 Å². The van der Waals surface area contributed by atoms with E-state index >= 15 is 0 Å². The van der Waals surface area contributed by atoms with Crippen LogP contribution in [0.3, 0.4) is 0 Å². The predicted octanol–water partition coefficient (Wildman–Crippen LogP) is 3.67. The number of ether oxygens (including phenoxy) is 2. The number of carbonyl (C=O) groups excluding carboxylic acids is 2. The van der Waals surface area contributed by atoms with Crippen molar-refractivity contribution in [3.05, 3.63) is 75.5 Å². The van der Waals surface area contributed by atoms with Crippen LogP contribution in [-0.2, 0) is 4.74 Å². The second-order valence-corrected chi connectivity index (χ2v) is 8.80. The largest absolute Gasteiger partial charge is 0.488 e. The summed E-state index contributed by atoms with van der Waals surface area (Å²) in [6, 6.07) is 7.51. The highest BCUT2D eigenvalue weighted by atomic mass is 35.5. The Balaban J connectivity index is 1.54. The van der Waals surface area contributed by atoms with E-state index in [9.17, 15) is 18.4 Å². The highest BCUT2D eigenvalue weighted by Gasteiger charge is 2.32. The van der Waals surface area contributed by atoms with Gasteiger partial charge >= 0.3 is 6.09 Å². The second-order valence-electron chi connectivity index (χ2n) is 8.43. The van der Waals surface area contributed by atoms with Gasteiger partial charge in [-0.1, -0.05) is 17.7 Å². The molecule has 1 unspecified atom stereocenters. The molecule has 2 aromatic rings. The number of carbonyl (C=O) groups is 2. The Morgan fingerprint density at radius 3 is 2.67 bits per heavy atom. The van der Waals surface area contributed by atoms with Gasteiger partial charge in [0.15, 0.2) is 6.10 Å². The SMILES string of the molecule is CN=C(C1=C(N)[C@H](C)N(C(=O)c2cccc(OCC3CNC(=O)O3)c2Cl)CC1)c1cc(F)cc(F)c1. The van der Waals surface area contributed by atoms with Crippen LogP contribution in [0.2, 0.25) is 5.02 Å². The van der Waals surface area contributed by atoms with Crippen LogP contribution in [0.5, 0.6) is 5.75 Å². The van der Waals surface area contributed by atoms with Crippen LogP contribution < -0.4 is 15.8 Å². The number of benzene rings is 2. The van der Waals surface area contributed by atoms with E-state index in [1.54, 1.807) is 30.0 Å². The number of hydrogen-bond acceptors (Lipinski definition) is 6. The van der Waals surface area contributed by atoms with Crippen LogP contribution in [0.25, 0.3) is 0 Å². The fourth-order valence-electron chi connectivity index (χ4n) is 4.30. The molecule has 3 N–H and O–H groups in total. The maximum absolute atomic E-state index is 13.8. The fourth-order valence-corrected chi connectivity index (χ4v) is 4.56. The van der Waals surface area contributed by atoms with E-state index in [0.717, 1.165) is 6.07 Å². The molecular weight excluding hydrogens is 494 g/mol. The molecule has 2 aliphatic heterocycles. The molecule has 2 aliphatic rings. The third-order valence-electron chi connectivity index (χ3n) is 6.14. The minimum absolute atomic E-state index is 0.0784. The molecule has 0 aliphatic carbocycles. The molecule has 2 amide bonds. The Labute approximate surface area is 211 Å². The van der Waals surface area contributed by atoms with Crippen LogP contribution in [-0.4, -0.2) is 61.5 Å². The van der Waals surface area contributed by atoms with Gasteiger partial charge < -0.3 is 25.4 Å². The number of hydrogen-bond donors (Lipinski definition) is 2. The van der Waals surface area contributed by atoms with Crippen molar-refractivity contribution in [1.29, 1.82) is 0 Å². The zero-order valence-electron chi connectivity index (χ0n) is 19.7. The lowest BCUT2D eigenvalue weighted by Gasteiger charge is -2.36. The van der Waals surface area contributed by atoms with Gasteiger partial charge in [-0.3, -0.25) is 9.79 Å². The molecular formula is C25H25ClF2N4O4. The lowest BCUT2D eigenvalue weighted by molar-refractivity contribution is 0.0706. The van der Waals surface area contributed by atoms with Crippen molar-refractivity contribution in [1.82, 2.24) is 10.2 Å². The van der Waals surface area contributed by atoms with E-state index in [0.29, 0.717) is 29.9 Å². The fraction of sp³-hybridized carbons (Fsp3) is 0.320. The van der Waals surface area contributed by atoms with Crippen LogP contribution in [0.15, 0.2) is 52.7 Å². The van der Waals surface area contributed by atoms with Crippen molar-refractivity contribution in [2.75, 3.05) is 26.7 Å². The molecule has 0 aromatic heterocycles. The zero-order chi connectivity index (χ0) is 26.0. The molecule has 190 valence electrons. The van der Waals surface area contributed by atoms with E-state index in [2.05, 4.69) is 10.3 Å². The molecule has 1 saturated heterocycles. The Morgan fingerprint density at radius 1 is 1.31 bits per heavy atom. The average Bonchev–Trinajstić information content (AvgIpc) is 3.25. The second kappa shape index (κ2) is 10.5. The standard InChI is InChI=1S/C25H25ClF2N4O4/c1-13-22(29)19(23(30-2)14-8-15(27)10-16(28)9-14)6-7-32(13)24(33)18-4-3-5-20(21(18)26)35-12-17-11-31-25(34)36-17/h3-5,8-10,13,17H,6-7,11-12,29H2,1-2H3,(H,31,34)/t13-,17?/m0/s1. The smallest absolute Gasteiger partial charge is 0.407 e. The van der Waals surface area contributed by atoms with E-state index in [1.807, 2.05) is 0 Å². The van der Waals surface area contributed by atoms with Gasteiger partial charge in [-0.2, -0.15) is 0 Å². The van der Waals surface area contributed by atoms with Crippen molar-refractivity contribution in [2.45, 2.75) is 25.5 Å².